The number of aromatic amines is 1. The molecule has 3 heterocycles. The third kappa shape index (κ3) is 4.69. The molecule has 0 unspecified atom stereocenters. The number of aromatic nitrogens is 6. The molecule has 9 heteroatoms. The van der Waals surface area contributed by atoms with E-state index < -0.39 is 0 Å². The first-order valence-corrected chi connectivity index (χ1v) is 11.9. The Morgan fingerprint density at radius 3 is 2.68 bits per heavy atom. The van der Waals surface area contributed by atoms with Crippen LogP contribution in [0.15, 0.2) is 78.3 Å². The van der Waals surface area contributed by atoms with Crippen LogP contribution in [0.5, 0.6) is 0 Å². The van der Waals surface area contributed by atoms with Crippen molar-refractivity contribution in [1.82, 2.24) is 35.3 Å². The number of amides is 1. The highest BCUT2D eigenvalue weighted by Crippen LogP contribution is 2.23. The maximum atomic E-state index is 13.1. The average molecular weight is 470 g/mol. The highest BCUT2D eigenvalue weighted by molar-refractivity contribution is 7.98. The normalized spacial score (nSPS) is 11.1. The van der Waals surface area contributed by atoms with Crippen LogP contribution in [-0.2, 0) is 12.2 Å². The highest BCUT2D eigenvalue weighted by Gasteiger charge is 2.21. The van der Waals surface area contributed by atoms with Gasteiger partial charge in [0.2, 0.25) is 0 Å². The van der Waals surface area contributed by atoms with Gasteiger partial charge in [-0.1, -0.05) is 52.9 Å². The van der Waals surface area contributed by atoms with Crippen molar-refractivity contribution in [3.05, 3.63) is 95.7 Å². The van der Waals surface area contributed by atoms with E-state index in [4.69, 9.17) is 0 Å². The minimum atomic E-state index is -0.247. The smallest absolute Gasteiger partial charge is 0.273 e. The summed E-state index contributed by atoms with van der Waals surface area (Å²) < 4.78 is 1.71. The van der Waals surface area contributed by atoms with Crippen molar-refractivity contribution in [3.63, 3.8) is 0 Å². The molecule has 170 valence electrons. The van der Waals surface area contributed by atoms with Crippen LogP contribution >= 0.6 is 11.8 Å². The quantitative estimate of drug-likeness (QED) is 0.262. The van der Waals surface area contributed by atoms with Gasteiger partial charge in [0.1, 0.15) is 0 Å². The van der Waals surface area contributed by atoms with Gasteiger partial charge in [0.05, 0.1) is 11.4 Å². The van der Waals surface area contributed by atoms with Gasteiger partial charge in [-0.05, 0) is 43.2 Å². The molecule has 0 radical (unpaired) electrons. The third-order valence-electron chi connectivity index (χ3n) is 5.49. The first-order valence-electron chi connectivity index (χ1n) is 10.9. The van der Waals surface area contributed by atoms with Gasteiger partial charge in [0.25, 0.3) is 5.91 Å². The highest BCUT2D eigenvalue weighted by atomic mass is 32.2. The Kier molecular flexibility index (Phi) is 6.35. The van der Waals surface area contributed by atoms with Gasteiger partial charge in [0, 0.05) is 41.8 Å². The number of nitrogens with zero attached hydrogens (tertiary/aromatic N) is 5. The van der Waals surface area contributed by atoms with Gasteiger partial charge in [-0.2, -0.15) is 0 Å². The van der Waals surface area contributed by atoms with E-state index in [2.05, 4.69) is 36.6 Å². The third-order valence-corrected chi connectivity index (χ3v) is 6.38. The Balaban J connectivity index is 1.34. The lowest BCUT2D eigenvalue weighted by molar-refractivity contribution is 0.0948. The first kappa shape index (κ1) is 21.8. The number of carbonyl (C=O) groups excluding carboxylic acids is 1. The number of para-hydroxylation sites is 1. The molecule has 0 bridgehead atoms. The molecule has 0 aliphatic rings. The molecule has 0 saturated heterocycles. The van der Waals surface area contributed by atoms with E-state index in [1.807, 2.05) is 55.6 Å². The van der Waals surface area contributed by atoms with E-state index >= 15 is 0 Å². The number of rotatable bonds is 8. The van der Waals surface area contributed by atoms with Crippen molar-refractivity contribution in [2.24, 2.45) is 0 Å². The minimum absolute atomic E-state index is 0.247. The summed E-state index contributed by atoms with van der Waals surface area (Å²) in [6.07, 6.45) is 6.10. The van der Waals surface area contributed by atoms with Crippen LogP contribution in [-0.4, -0.2) is 42.4 Å². The number of benzene rings is 2. The number of nitrogens with one attached hydrogen (secondary N) is 2. The molecule has 2 aromatic carbocycles. The number of hydrogen-bond acceptors (Lipinski definition) is 6. The fourth-order valence-corrected chi connectivity index (χ4v) is 4.52. The molecule has 5 rings (SSSR count). The second-order valence-electron chi connectivity index (χ2n) is 7.82. The van der Waals surface area contributed by atoms with Gasteiger partial charge in [-0.3, -0.25) is 4.79 Å². The Morgan fingerprint density at radius 2 is 1.85 bits per heavy atom. The van der Waals surface area contributed by atoms with E-state index in [1.54, 1.807) is 23.1 Å². The summed E-state index contributed by atoms with van der Waals surface area (Å²) in [6, 6.07) is 17.9. The summed E-state index contributed by atoms with van der Waals surface area (Å²) in [5.74, 6) is 0.207. The van der Waals surface area contributed by atoms with Gasteiger partial charge in [0.15, 0.2) is 10.9 Å². The predicted octanol–water partition coefficient (Wildman–Crippen LogP) is 4.11. The van der Waals surface area contributed by atoms with E-state index in [-0.39, 0.29) is 5.91 Å². The average Bonchev–Trinajstić information content (AvgIpc) is 3.48. The second-order valence-corrected chi connectivity index (χ2v) is 8.76. The molecule has 1 amide bonds. The Morgan fingerprint density at radius 1 is 1.06 bits per heavy atom. The van der Waals surface area contributed by atoms with Crippen molar-refractivity contribution < 1.29 is 4.79 Å². The van der Waals surface area contributed by atoms with E-state index in [1.165, 1.54) is 17.1 Å². The van der Waals surface area contributed by atoms with Crippen molar-refractivity contribution in [2.45, 2.75) is 24.3 Å². The SMILES string of the molecule is Cc1ccc(-n2nnc(C(=O)NCCc3c[nH]c4ccccc34)c2CSc2ncccn2)cc1. The van der Waals surface area contributed by atoms with Crippen molar-refractivity contribution >= 4 is 28.6 Å². The zero-order valence-corrected chi connectivity index (χ0v) is 19.4. The zero-order chi connectivity index (χ0) is 23.3. The number of fused-ring (bicyclic) bond motifs is 1. The number of H-pyrrole nitrogens is 1. The molecule has 0 aliphatic heterocycles. The second kappa shape index (κ2) is 9.88. The monoisotopic (exact) mass is 469 g/mol. The van der Waals surface area contributed by atoms with E-state index in [0.717, 1.165) is 22.3 Å². The molecular formula is C25H23N7OS. The van der Waals surface area contributed by atoms with Gasteiger partial charge in [-0.25, -0.2) is 14.6 Å². The topological polar surface area (TPSA) is 101 Å². The number of carbonyl (C=O) groups is 1. The Labute approximate surface area is 200 Å². The van der Waals surface area contributed by atoms with Crippen LogP contribution in [0.3, 0.4) is 0 Å². The summed E-state index contributed by atoms with van der Waals surface area (Å²) in [6.45, 7) is 2.52. The maximum Gasteiger partial charge on any atom is 0.273 e. The largest absolute Gasteiger partial charge is 0.361 e. The van der Waals surface area contributed by atoms with Crippen LogP contribution in [0, 0.1) is 6.92 Å². The minimum Gasteiger partial charge on any atom is -0.361 e. The van der Waals surface area contributed by atoms with E-state index in [9.17, 15) is 4.79 Å². The van der Waals surface area contributed by atoms with Gasteiger partial charge < -0.3 is 10.3 Å². The summed E-state index contributed by atoms with van der Waals surface area (Å²) in [4.78, 5) is 24.9. The molecule has 2 N–H and O–H groups in total. The molecule has 0 saturated carbocycles. The molecule has 0 aliphatic carbocycles. The van der Waals surface area contributed by atoms with Crippen LogP contribution in [0.2, 0.25) is 0 Å². The van der Waals surface area contributed by atoms with Gasteiger partial charge >= 0.3 is 0 Å². The standard InChI is InChI=1S/C25H23N7OS/c1-17-7-9-19(10-8-17)32-22(16-34-25-27-12-4-13-28-25)23(30-31-32)24(33)26-14-11-18-15-29-21-6-3-2-5-20(18)21/h2-10,12-13,15,29H,11,14,16H2,1H3,(H,26,33). The molecule has 5 aromatic rings. The van der Waals surface area contributed by atoms with Crippen molar-refractivity contribution in [3.8, 4) is 5.69 Å². The Hall–Kier alpha value is -3.98. The van der Waals surface area contributed by atoms with E-state index in [0.29, 0.717) is 35.3 Å². The fraction of sp³-hybridized carbons (Fsp3) is 0.160. The Bertz CT molecular complexity index is 1410. The van der Waals surface area contributed by atoms with Crippen molar-refractivity contribution in [2.75, 3.05) is 6.54 Å². The summed E-state index contributed by atoms with van der Waals surface area (Å²) in [5, 5.41) is 13.3. The lowest BCUT2D eigenvalue weighted by atomic mass is 10.1. The van der Waals surface area contributed by atoms with Crippen LogP contribution in [0.25, 0.3) is 16.6 Å². The lowest BCUT2D eigenvalue weighted by Crippen LogP contribution is -2.27. The molecule has 0 atom stereocenters. The molecule has 0 spiro atoms. The maximum absolute atomic E-state index is 13.1. The zero-order valence-electron chi connectivity index (χ0n) is 18.6. The van der Waals surface area contributed by atoms with Crippen molar-refractivity contribution in [1.29, 1.82) is 0 Å². The molecule has 3 aromatic heterocycles. The summed E-state index contributed by atoms with van der Waals surface area (Å²) in [5.41, 5.74) is 5.26. The number of aryl methyl sites for hydroxylation is 1. The van der Waals surface area contributed by atoms with Crippen LogP contribution in [0.1, 0.15) is 27.3 Å². The predicted molar refractivity (Wildman–Crippen MR) is 132 cm³/mol. The number of hydrogen-bond donors (Lipinski definition) is 2. The van der Waals surface area contributed by atoms with Gasteiger partial charge in [-0.15, -0.1) is 5.10 Å². The summed E-state index contributed by atoms with van der Waals surface area (Å²) >= 11 is 1.44. The molecular weight excluding hydrogens is 446 g/mol. The van der Waals surface area contributed by atoms with Crippen LogP contribution in [0.4, 0.5) is 0 Å². The molecule has 0 fully saturated rings. The lowest BCUT2D eigenvalue weighted by Gasteiger charge is -2.09. The number of thioether (sulfide) groups is 1. The van der Waals surface area contributed by atoms with Crippen LogP contribution < -0.4 is 5.32 Å². The summed E-state index contributed by atoms with van der Waals surface area (Å²) in [7, 11) is 0. The molecule has 8 nitrogen and oxygen atoms in total. The first-order chi connectivity index (χ1) is 16.7. The molecule has 34 heavy (non-hydrogen) atoms. The fourth-order valence-electron chi connectivity index (χ4n) is 3.73.